The van der Waals surface area contributed by atoms with Crippen LogP contribution in [0, 0.1) is 0 Å². The van der Waals surface area contributed by atoms with Crippen molar-refractivity contribution in [1.29, 1.82) is 0 Å². The Kier molecular flexibility index (Phi) is 6.36. The summed E-state index contributed by atoms with van der Waals surface area (Å²) in [4.78, 5) is 12.3. The minimum atomic E-state index is -3.67. The summed E-state index contributed by atoms with van der Waals surface area (Å²) in [6.07, 6.45) is 1.70. The third-order valence-electron chi connectivity index (χ3n) is 4.63. The maximum absolute atomic E-state index is 12.3. The molecule has 0 bridgehead atoms. The average Bonchev–Trinajstić information content (AvgIpc) is 2.77. The van der Waals surface area contributed by atoms with Gasteiger partial charge < -0.3 is 19.9 Å². The first-order chi connectivity index (χ1) is 14.8. The molecule has 8 nitrogen and oxygen atoms in total. The van der Waals surface area contributed by atoms with E-state index >= 15 is 0 Å². The van der Waals surface area contributed by atoms with Gasteiger partial charge in [-0.15, -0.1) is 0 Å². The van der Waals surface area contributed by atoms with Crippen LogP contribution in [-0.4, -0.2) is 27.1 Å². The number of hydrogen-bond donors (Lipinski definition) is 3. The molecule has 0 saturated heterocycles. The number of pyridine rings is 1. The lowest BCUT2D eigenvalue weighted by atomic mass is 10.0. The van der Waals surface area contributed by atoms with Gasteiger partial charge >= 0.3 is 0 Å². The van der Waals surface area contributed by atoms with Crippen molar-refractivity contribution < 1.29 is 13.2 Å². The van der Waals surface area contributed by atoms with Gasteiger partial charge in [0.05, 0.1) is 7.11 Å². The fourth-order valence-corrected chi connectivity index (χ4v) is 3.57. The van der Waals surface area contributed by atoms with Crippen LogP contribution in [0.2, 0.25) is 0 Å². The number of rotatable bonds is 8. The molecule has 0 radical (unpaired) electrons. The summed E-state index contributed by atoms with van der Waals surface area (Å²) >= 11 is 0. The Labute approximate surface area is 181 Å². The lowest BCUT2D eigenvalue weighted by molar-refractivity contribution is 0.415. The number of aryl methyl sites for hydroxylation is 1. The molecule has 3 rings (SSSR count). The molecule has 0 spiro atoms. The van der Waals surface area contributed by atoms with Crippen molar-refractivity contribution in [2.45, 2.75) is 0 Å². The van der Waals surface area contributed by atoms with Crippen LogP contribution in [0.3, 0.4) is 0 Å². The highest BCUT2D eigenvalue weighted by Crippen LogP contribution is 2.34. The van der Waals surface area contributed by atoms with Gasteiger partial charge in [-0.1, -0.05) is 6.58 Å². The minimum absolute atomic E-state index is 0.167. The van der Waals surface area contributed by atoms with Gasteiger partial charge in [-0.2, -0.15) is 0 Å². The molecule has 1 aromatic heterocycles. The van der Waals surface area contributed by atoms with E-state index in [4.69, 9.17) is 4.74 Å². The second-order valence-electron chi connectivity index (χ2n) is 6.74. The first kappa shape index (κ1) is 22.0. The molecule has 0 aliphatic rings. The zero-order valence-corrected chi connectivity index (χ0v) is 18.3. The number of nitrogens with zero attached hydrogens (tertiary/aromatic N) is 1. The largest absolute Gasteiger partial charge is 0.497 e. The number of aromatic nitrogens is 1. The fraction of sp³-hybridized carbons (Fsp3) is 0.136. The van der Waals surface area contributed by atoms with Crippen LogP contribution in [0.1, 0.15) is 0 Å². The van der Waals surface area contributed by atoms with E-state index in [2.05, 4.69) is 21.9 Å². The maximum atomic E-state index is 12.3. The molecule has 3 N–H and O–H groups in total. The highest BCUT2D eigenvalue weighted by molar-refractivity contribution is 7.95. The standard InChI is InChI=1S/C22H24N4O4S/c1-5-31(28,29)25-17-8-11-20(24-16-6-9-18(30-4)10-7-16)19(13-17)15-12-21(23-2)22(27)26(3)14-15/h5-14,23-25H,1H2,2-4H3. The van der Waals surface area contributed by atoms with Crippen molar-refractivity contribution in [3.63, 3.8) is 0 Å². The molecule has 1 heterocycles. The van der Waals surface area contributed by atoms with E-state index < -0.39 is 10.0 Å². The summed E-state index contributed by atoms with van der Waals surface area (Å²) in [5.41, 5.74) is 3.60. The van der Waals surface area contributed by atoms with E-state index in [1.807, 2.05) is 24.3 Å². The number of sulfonamides is 1. The molecule has 0 atom stereocenters. The Hall–Kier alpha value is -3.72. The number of methoxy groups -OCH3 is 1. The summed E-state index contributed by atoms with van der Waals surface area (Å²) < 4.78 is 33.0. The third kappa shape index (κ3) is 5.07. The van der Waals surface area contributed by atoms with E-state index in [-0.39, 0.29) is 5.56 Å². The van der Waals surface area contributed by atoms with Gasteiger partial charge in [0.1, 0.15) is 11.4 Å². The highest BCUT2D eigenvalue weighted by atomic mass is 32.2. The summed E-state index contributed by atoms with van der Waals surface area (Å²) in [5.74, 6) is 0.733. The Morgan fingerprint density at radius 2 is 1.71 bits per heavy atom. The Balaban J connectivity index is 2.12. The van der Waals surface area contributed by atoms with Crippen LogP contribution in [0.4, 0.5) is 22.7 Å². The van der Waals surface area contributed by atoms with Crippen LogP contribution in [0.5, 0.6) is 5.75 Å². The fourth-order valence-electron chi connectivity index (χ4n) is 3.03. The molecule has 31 heavy (non-hydrogen) atoms. The van der Waals surface area contributed by atoms with E-state index in [9.17, 15) is 13.2 Å². The Morgan fingerprint density at radius 3 is 2.32 bits per heavy atom. The minimum Gasteiger partial charge on any atom is -0.497 e. The van der Waals surface area contributed by atoms with E-state index in [0.29, 0.717) is 16.9 Å². The van der Waals surface area contributed by atoms with Crippen LogP contribution >= 0.6 is 0 Å². The third-order valence-corrected chi connectivity index (χ3v) is 5.59. The number of hydrogen-bond acceptors (Lipinski definition) is 6. The van der Waals surface area contributed by atoms with Gasteiger partial charge in [0.15, 0.2) is 0 Å². The normalized spacial score (nSPS) is 10.9. The van der Waals surface area contributed by atoms with E-state index in [1.54, 1.807) is 51.7 Å². The summed E-state index contributed by atoms with van der Waals surface area (Å²) in [5, 5.41) is 7.08. The van der Waals surface area contributed by atoms with Gasteiger partial charge in [0.2, 0.25) is 0 Å². The molecular weight excluding hydrogens is 416 g/mol. The quantitative estimate of drug-likeness (QED) is 0.493. The number of ether oxygens (including phenoxy) is 1. The molecule has 0 aliphatic carbocycles. The highest BCUT2D eigenvalue weighted by Gasteiger charge is 2.13. The molecule has 0 aliphatic heterocycles. The molecule has 9 heteroatoms. The monoisotopic (exact) mass is 440 g/mol. The van der Waals surface area contributed by atoms with Crippen LogP contribution in [0.25, 0.3) is 11.1 Å². The zero-order chi connectivity index (χ0) is 22.6. The van der Waals surface area contributed by atoms with Crippen LogP contribution in [-0.2, 0) is 17.1 Å². The molecular formula is C22H24N4O4S. The second kappa shape index (κ2) is 8.97. The molecule has 2 aromatic carbocycles. The van der Waals surface area contributed by atoms with Crippen molar-refractivity contribution in [3.8, 4) is 16.9 Å². The van der Waals surface area contributed by atoms with Crippen molar-refractivity contribution >= 4 is 32.8 Å². The number of anilines is 4. The van der Waals surface area contributed by atoms with Gasteiger partial charge in [-0.25, -0.2) is 8.42 Å². The molecule has 0 unspecified atom stereocenters. The average molecular weight is 441 g/mol. The summed E-state index contributed by atoms with van der Waals surface area (Å²) in [7, 11) is 1.27. The first-order valence-corrected chi connectivity index (χ1v) is 10.9. The summed E-state index contributed by atoms with van der Waals surface area (Å²) in [6, 6.07) is 14.3. The van der Waals surface area contributed by atoms with Crippen molar-refractivity contribution in [2.75, 3.05) is 29.5 Å². The van der Waals surface area contributed by atoms with Gasteiger partial charge in [-0.05, 0) is 48.5 Å². The lowest BCUT2D eigenvalue weighted by Gasteiger charge is -2.16. The smallest absolute Gasteiger partial charge is 0.273 e. The predicted octanol–water partition coefficient (Wildman–Crippen LogP) is 3.73. The van der Waals surface area contributed by atoms with Crippen molar-refractivity contribution in [3.05, 3.63) is 77.1 Å². The topological polar surface area (TPSA) is 101 Å². The first-order valence-electron chi connectivity index (χ1n) is 9.35. The van der Waals surface area contributed by atoms with Gasteiger partial charge in [0.25, 0.3) is 15.6 Å². The molecule has 3 aromatic rings. The summed E-state index contributed by atoms with van der Waals surface area (Å²) in [6.45, 7) is 3.32. The van der Waals surface area contributed by atoms with Gasteiger partial charge in [0, 0.05) is 53.9 Å². The van der Waals surface area contributed by atoms with Crippen molar-refractivity contribution in [2.24, 2.45) is 7.05 Å². The van der Waals surface area contributed by atoms with Crippen molar-refractivity contribution in [1.82, 2.24) is 4.57 Å². The molecule has 0 fully saturated rings. The second-order valence-corrected chi connectivity index (χ2v) is 8.36. The number of nitrogens with one attached hydrogen (secondary N) is 3. The predicted molar refractivity (Wildman–Crippen MR) is 126 cm³/mol. The maximum Gasteiger partial charge on any atom is 0.273 e. The zero-order valence-electron chi connectivity index (χ0n) is 17.5. The number of benzene rings is 2. The molecule has 0 amide bonds. The van der Waals surface area contributed by atoms with Crippen LogP contribution < -0.4 is 25.7 Å². The molecule has 162 valence electrons. The van der Waals surface area contributed by atoms with Crippen LogP contribution in [0.15, 0.2) is 71.5 Å². The van der Waals surface area contributed by atoms with Gasteiger partial charge in [-0.3, -0.25) is 9.52 Å². The SMILES string of the molecule is C=CS(=O)(=O)Nc1ccc(Nc2ccc(OC)cc2)c(-c2cc(NC)c(=O)n(C)c2)c1. The van der Waals surface area contributed by atoms with E-state index in [0.717, 1.165) is 28.1 Å². The molecule has 0 saturated carbocycles. The Morgan fingerprint density at radius 1 is 1.03 bits per heavy atom. The Bertz CT molecular complexity index is 1270. The van der Waals surface area contributed by atoms with E-state index in [1.165, 1.54) is 4.57 Å². The lowest BCUT2D eigenvalue weighted by Crippen LogP contribution is -2.19.